The maximum absolute atomic E-state index is 5.54. The van der Waals surface area contributed by atoms with E-state index < -0.39 is 8.07 Å². The van der Waals surface area contributed by atoms with Gasteiger partial charge in [0.15, 0.2) is 0 Å². The first-order valence-electron chi connectivity index (χ1n) is 11.8. The molecule has 0 amide bonds. The van der Waals surface area contributed by atoms with Crippen LogP contribution < -0.4 is 67.0 Å². The Morgan fingerprint density at radius 1 is 0.500 bits per heavy atom. The minimum atomic E-state index is -2.71. The van der Waals surface area contributed by atoms with E-state index in [2.05, 4.69) is 121 Å². The average molecular weight is 624 g/mol. The van der Waals surface area contributed by atoms with Crippen molar-refractivity contribution in [3.8, 4) is 17.2 Å². The maximum Gasteiger partial charge on any atom is -1.00 e. The van der Waals surface area contributed by atoms with E-state index in [0.717, 1.165) is 17.2 Å². The second kappa shape index (κ2) is 13.6. The van der Waals surface area contributed by atoms with Gasteiger partial charge in [-0.2, -0.15) is 0 Å². The standard InChI is InChI=1S/C30H33O3Si.3ClH.Ti/c1-20-21(2)23(4)30(22(20)3)34(27-14-8-24(31-5)9-15-27,28-16-10-25(32-6)11-17-28)29-18-12-26(33-7)13-19-29;;;;/h8-19H,1-7H3;3*1H;/q;;;;+3/p-3. The Bertz CT molecular complexity index is 1150. The predicted molar refractivity (Wildman–Crippen MR) is 143 cm³/mol. The molecule has 0 aromatic heterocycles. The summed E-state index contributed by atoms with van der Waals surface area (Å²) in [5.74, 6) is 2.60. The molecule has 0 spiro atoms. The van der Waals surface area contributed by atoms with E-state index in [4.69, 9.17) is 14.2 Å². The molecular formula is C30H33Cl3O3SiTi. The van der Waals surface area contributed by atoms with E-state index in [1.54, 1.807) is 21.3 Å². The quantitative estimate of drug-likeness (QED) is 0.199. The van der Waals surface area contributed by atoms with E-state index in [-0.39, 0.29) is 40.6 Å². The van der Waals surface area contributed by atoms with Crippen LogP contribution in [0.15, 0.2) is 95.1 Å². The number of methoxy groups -OCH3 is 3. The molecule has 3 aromatic carbocycles. The van der Waals surface area contributed by atoms with Gasteiger partial charge in [-0.3, -0.25) is 0 Å². The minimum Gasteiger partial charge on any atom is -1.00 e. The monoisotopic (exact) mass is 622 g/mol. The van der Waals surface area contributed by atoms with Crippen molar-refractivity contribution in [3.05, 3.63) is 95.1 Å². The van der Waals surface area contributed by atoms with Crippen LogP contribution in [0.25, 0.3) is 0 Å². The van der Waals surface area contributed by atoms with Crippen molar-refractivity contribution in [2.75, 3.05) is 21.3 Å². The van der Waals surface area contributed by atoms with Gasteiger partial charge in [0, 0.05) is 0 Å². The van der Waals surface area contributed by atoms with Gasteiger partial charge < -0.3 is 37.2 Å². The third-order valence-corrected chi connectivity index (χ3v) is 16.3. The molecule has 0 heterocycles. The third kappa shape index (κ3) is 5.24. The topological polar surface area (TPSA) is 27.7 Å². The van der Waals surface area contributed by atoms with Crippen molar-refractivity contribution in [2.24, 2.45) is 0 Å². The van der Waals surface area contributed by atoms with Crippen LogP contribution in [-0.2, 0) is 20.4 Å². The molecule has 0 aliphatic heterocycles. The number of halogens is 3. The normalized spacial score (nSPS) is 14.2. The Hall–Kier alpha value is -1.66. The van der Waals surface area contributed by atoms with Crippen LogP contribution in [0.5, 0.6) is 17.2 Å². The number of benzene rings is 3. The molecule has 0 unspecified atom stereocenters. The Morgan fingerprint density at radius 2 is 0.737 bits per heavy atom. The summed E-state index contributed by atoms with van der Waals surface area (Å²) >= 11 is 2.46. The summed E-state index contributed by atoms with van der Waals surface area (Å²) in [6.45, 7) is 9.20. The SMILES string of the molecule is COc1ccc([Si](c2ccc(OC)cc2)(c2ccc(OC)cc2)[C]2([Ti+3])C(C)=C(C)C(C)=C2C)cc1.[Cl-].[Cl-].[Cl-]. The number of allylic oxidation sites excluding steroid dienone is 4. The van der Waals surface area contributed by atoms with Crippen molar-refractivity contribution in [2.45, 2.75) is 31.0 Å². The second-order valence-electron chi connectivity index (χ2n) is 9.19. The van der Waals surface area contributed by atoms with Crippen LogP contribution in [0.1, 0.15) is 27.7 Å². The molecule has 4 rings (SSSR count). The molecule has 3 nitrogen and oxygen atoms in total. The first-order chi connectivity index (χ1) is 16.7. The largest absolute Gasteiger partial charge is 1.00 e. The Labute approximate surface area is 258 Å². The van der Waals surface area contributed by atoms with Crippen LogP contribution in [0, 0.1) is 0 Å². The number of ether oxygens (including phenoxy) is 3. The molecule has 0 atom stereocenters. The van der Waals surface area contributed by atoms with Crippen LogP contribution in [-0.4, -0.2) is 29.4 Å². The van der Waals surface area contributed by atoms with E-state index in [1.165, 1.54) is 37.9 Å². The fraction of sp³-hybridized carbons (Fsp3) is 0.267. The first kappa shape index (κ1) is 34.4. The summed E-state index contributed by atoms with van der Waals surface area (Å²) < 4.78 is 16.5. The molecule has 0 N–H and O–H groups in total. The molecule has 1 aliphatic carbocycles. The molecule has 8 heteroatoms. The smallest absolute Gasteiger partial charge is 1.00 e. The van der Waals surface area contributed by atoms with Gasteiger partial charge in [-0.05, 0) is 0 Å². The molecule has 0 fully saturated rings. The summed E-state index contributed by atoms with van der Waals surface area (Å²) in [5.41, 5.74) is 5.69. The Kier molecular flexibility index (Phi) is 12.3. The molecular weight excluding hydrogens is 591 g/mol. The van der Waals surface area contributed by atoms with Crippen molar-refractivity contribution in [1.82, 2.24) is 0 Å². The van der Waals surface area contributed by atoms with Crippen molar-refractivity contribution < 1.29 is 71.9 Å². The van der Waals surface area contributed by atoms with E-state index >= 15 is 0 Å². The van der Waals surface area contributed by atoms with Gasteiger partial charge in [-0.1, -0.05) is 0 Å². The molecule has 0 saturated carbocycles. The van der Waals surface area contributed by atoms with Crippen LogP contribution >= 0.6 is 0 Å². The van der Waals surface area contributed by atoms with Gasteiger partial charge in [0.2, 0.25) is 0 Å². The van der Waals surface area contributed by atoms with Crippen molar-refractivity contribution >= 4 is 23.6 Å². The van der Waals surface area contributed by atoms with Crippen molar-refractivity contribution in [3.63, 3.8) is 0 Å². The van der Waals surface area contributed by atoms with Gasteiger partial charge in [0.05, 0.1) is 0 Å². The maximum atomic E-state index is 5.54. The summed E-state index contributed by atoms with van der Waals surface area (Å²) in [6.07, 6.45) is 0. The number of hydrogen-bond acceptors (Lipinski definition) is 3. The fourth-order valence-corrected chi connectivity index (χ4v) is 14.1. The van der Waals surface area contributed by atoms with Gasteiger partial charge in [0.1, 0.15) is 0 Å². The fourth-order valence-electron chi connectivity index (χ4n) is 5.64. The molecule has 3 aromatic rings. The number of rotatable bonds is 7. The van der Waals surface area contributed by atoms with Crippen LogP contribution in [0.3, 0.4) is 0 Å². The van der Waals surface area contributed by atoms with Gasteiger partial charge >= 0.3 is 223 Å². The van der Waals surface area contributed by atoms with Crippen LogP contribution in [0.4, 0.5) is 0 Å². The van der Waals surface area contributed by atoms with Gasteiger partial charge in [0.25, 0.3) is 0 Å². The molecule has 0 radical (unpaired) electrons. The minimum absolute atomic E-state index is 0. The van der Waals surface area contributed by atoms with E-state index in [0.29, 0.717) is 0 Å². The first-order valence-corrected chi connectivity index (χ1v) is 14.6. The molecule has 0 saturated heterocycles. The van der Waals surface area contributed by atoms with Crippen LogP contribution in [0.2, 0.25) is 3.34 Å². The Balaban J connectivity index is 0.00000241. The van der Waals surface area contributed by atoms with Gasteiger partial charge in [-0.15, -0.1) is 0 Å². The zero-order chi connectivity index (χ0) is 25.4. The molecule has 200 valence electrons. The predicted octanol–water partition coefficient (Wildman–Crippen LogP) is -3.87. The third-order valence-electron chi connectivity index (χ3n) is 7.94. The molecule has 1 aliphatic rings. The van der Waals surface area contributed by atoms with Gasteiger partial charge in [-0.25, -0.2) is 0 Å². The number of hydrogen-bond donors (Lipinski definition) is 0. The zero-order valence-corrected chi connectivity index (χ0v) is 27.6. The second-order valence-corrected chi connectivity index (χ2v) is 15.1. The van der Waals surface area contributed by atoms with E-state index in [1.807, 2.05) is 0 Å². The summed E-state index contributed by atoms with van der Waals surface area (Å²) in [6, 6.07) is 26.2. The summed E-state index contributed by atoms with van der Waals surface area (Å²) in [7, 11) is 2.44. The summed E-state index contributed by atoms with van der Waals surface area (Å²) in [4.78, 5) is 0. The molecule has 0 bridgehead atoms. The molecule has 38 heavy (non-hydrogen) atoms. The average Bonchev–Trinajstić information content (AvgIpc) is 3.06. The zero-order valence-electron chi connectivity index (χ0n) is 22.8. The summed E-state index contributed by atoms with van der Waals surface area (Å²) in [5, 5.41) is 4.03. The van der Waals surface area contributed by atoms with E-state index in [9.17, 15) is 0 Å². The Morgan fingerprint density at radius 3 is 0.947 bits per heavy atom. The van der Waals surface area contributed by atoms with Crippen molar-refractivity contribution in [1.29, 1.82) is 0 Å².